The van der Waals surface area contributed by atoms with Crippen LogP contribution >= 0.6 is 0 Å². The smallest absolute Gasteiger partial charge is 0.277 e. The van der Waals surface area contributed by atoms with Gasteiger partial charge in [-0.1, -0.05) is 0 Å². The van der Waals surface area contributed by atoms with E-state index in [0.29, 0.717) is 13.1 Å². The van der Waals surface area contributed by atoms with Gasteiger partial charge < -0.3 is 20.1 Å². The molecule has 2 atom stereocenters. The lowest BCUT2D eigenvalue weighted by molar-refractivity contribution is -0.137. The van der Waals surface area contributed by atoms with Gasteiger partial charge in [0.15, 0.2) is 9.84 Å². The third-order valence-electron chi connectivity index (χ3n) is 5.28. The van der Waals surface area contributed by atoms with Gasteiger partial charge in [0, 0.05) is 24.9 Å². The number of aliphatic hydroxyl groups excluding tert-OH is 1. The van der Waals surface area contributed by atoms with Crippen LogP contribution in [0.25, 0.3) is 0 Å². The first-order valence-corrected chi connectivity index (χ1v) is 11.8. The number of benzene rings is 1. The molecule has 2 aliphatic heterocycles. The van der Waals surface area contributed by atoms with Crippen LogP contribution in [-0.4, -0.2) is 73.9 Å². The van der Waals surface area contributed by atoms with Gasteiger partial charge in [-0.3, -0.25) is 14.5 Å². The molecule has 10 heteroatoms. The topological polar surface area (TPSA) is 116 Å². The number of carbonyl (C=O) groups is 2. The zero-order valence-electron chi connectivity index (χ0n) is 18.2. The zero-order chi connectivity index (χ0) is 22.9. The molecule has 0 spiro atoms. The Labute approximate surface area is 182 Å². The number of rotatable bonds is 7. The molecule has 1 aromatic carbocycles. The van der Waals surface area contributed by atoms with Crippen molar-refractivity contribution in [1.29, 1.82) is 0 Å². The van der Waals surface area contributed by atoms with Crippen LogP contribution in [0.3, 0.4) is 0 Å². The molecule has 9 nitrogen and oxygen atoms in total. The molecule has 3 rings (SSSR count). The number of morpholine rings is 1. The Morgan fingerprint density at radius 1 is 1.19 bits per heavy atom. The minimum absolute atomic E-state index is 0.0167. The number of carbonyl (C=O) groups excluding carboxylic acids is 2. The number of amides is 2. The lowest BCUT2D eigenvalue weighted by atomic mass is 10.2. The molecule has 1 saturated heterocycles. The molecular formula is C21H29N3O6S. The van der Waals surface area contributed by atoms with Gasteiger partial charge in [0.05, 0.1) is 41.2 Å². The van der Waals surface area contributed by atoms with E-state index in [1.807, 2.05) is 13.8 Å². The molecule has 0 bridgehead atoms. The summed E-state index contributed by atoms with van der Waals surface area (Å²) in [4.78, 5) is 27.7. The molecule has 0 aromatic heterocycles. The van der Waals surface area contributed by atoms with Crippen molar-refractivity contribution in [2.24, 2.45) is 0 Å². The normalized spacial score (nSPS) is 22.3. The Morgan fingerprint density at radius 2 is 1.84 bits per heavy atom. The van der Waals surface area contributed by atoms with Crippen molar-refractivity contribution < 1.29 is 27.9 Å². The number of hydrogen-bond donors (Lipinski definition) is 2. The highest BCUT2D eigenvalue weighted by atomic mass is 32.2. The third kappa shape index (κ3) is 4.76. The molecule has 2 N–H and O–H groups in total. The van der Waals surface area contributed by atoms with E-state index < -0.39 is 26.9 Å². The molecule has 0 saturated carbocycles. The van der Waals surface area contributed by atoms with Crippen LogP contribution in [0.15, 0.2) is 34.9 Å². The maximum absolute atomic E-state index is 12.9. The maximum Gasteiger partial charge on any atom is 0.277 e. The fourth-order valence-corrected chi connectivity index (χ4v) is 4.94. The van der Waals surface area contributed by atoms with Crippen molar-refractivity contribution >= 4 is 33.0 Å². The number of nitrogens with one attached hydrogen (secondary N) is 1. The monoisotopic (exact) mass is 451 g/mol. The number of β-amino-alcohol motifs (C(OH)–C–C–N with tert-alkyl or cyclic N) is 1. The van der Waals surface area contributed by atoms with Crippen molar-refractivity contribution in [3.63, 3.8) is 0 Å². The Kier molecular flexibility index (Phi) is 6.73. The van der Waals surface area contributed by atoms with Gasteiger partial charge in [0.25, 0.3) is 11.8 Å². The number of ether oxygens (including phenoxy) is 1. The highest BCUT2D eigenvalue weighted by Gasteiger charge is 2.33. The van der Waals surface area contributed by atoms with Gasteiger partial charge >= 0.3 is 0 Å². The first-order valence-electron chi connectivity index (χ1n) is 10.3. The SMILES string of the molecule is CC1CN(c2ccc(S(=O)(=O)C(C)C)c(NC3=CC(=O)N(CCO)C3=O)c2)CC(C)O1. The minimum Gasteiger partial charge on any atom is -0.395 e. The van der Waals surface area contributed by atoms with Crippen molar-refractivity contribution in [1.82, 2.24) is 4.90 Å². The number of sulfone groups is 1. The molecule has 0 radical (unpaired) electrons. The lowest BCUT2D eigenvalue weighted by Gasteiger charge is -2.37. The van der Waals surface area contributed by atoms with Gasteiger partial charge in [-0.05, 0) is 45.9 Å². The molecule has 1 aromatic rings. The fraction of sp³-hybridized carbons (Fsp3) is 0.524. The predicted molar refractivity (Wildman–Crippen MR) is 116 cm³/mol. The molecule has 1 fully saturated rings. The summed E-state index contributed by atoms with van der Waals surface area (Å²) in [6.07, 6.45) is 1.15. The second-order valence-electron chi connectivity index (χ2n) is 8.14. The fourth-order valence-electron chi connectivity index (χ4n) is 3.76. The van der Waals surface area contributed by atoms with Crippen molar-refractivity contribution in [2.45, 2.75) is 50.0 Å². The van der Waals surface area contributed by atoms with Crippen molar-refractivity contribution in [2.75, 3.05) is 36.5 Å². The van der Waals surface area contributed by atoms with E-state index in [-0.39, 0.29) is 41.6 Å². The summed E-state index contributed by atoms with van der Waals surface area (Å²) in [5.74, 6) is -1.16. The first kappa shape index (κ1) is 23.2. The Morgan fingerprint density at radius 3 is 2.42 bits per heavy atom. The van der Waals surface area contributed by atoms with E-state index in [9.17, 15) is 18.0 Å². The summed E-state index contributed by atoms with van der Waals surface area (Å²) in [7, 11) is -3.66. The third-order valence-corrected chi connectivity index (χ3v) is 7.49. The van der Waals surface area contributed by atoms with E-state index in [2.05, 4.69) is 10.2 Å². The molecule has 31 heavy (non-hydrogen) atoms. The summed E-state index contributed by atoms with van der Waals surface area (Å²) in [6, 6.07) is 4.97. The van der Waals surface area contributed by atoms with E-state index in [1.165, 1.54) is 6.07 Å². The van der Waals surface area contributed by atoms with Gasteiger partial charge in [-0.15, -0.1) is 0 Å². The standard InChI is InChI=1S/C21H29N3O6S/c1-13(2)31(28,29)19-6-5-16(23-11-14(3)30-15(4)12-23)9-17(19)22-18-10-20(26)24(7-8-25)21(18)27/h5-6,9-10,13-15,22,25H,7-8,11-12H2,1-4H3. The number of hydrogen-bond acceptors (Lipinski definition) is 8. The van der Waals surface area contributed by atoms with Gasteiger partial charge in [0.1, 0.15) is 5.70 Å². The van der Waals surface area contributed by atoms with Crippen LogP contribution in [0.5, 0.6) is 0 Å². The summed E-state index contributed by atoms with van der Waals surface area (Å²) >= 11 is 0. The molecule has 170 valence electrons. The summed E-state index contributed by atoms with van der Waals surface area (Å²) < 4.78 is 31.7. The van der Waals surface area contributed by atoms with Gasteiger partial charge in [-0.2, -0.15) is 0 Å². The van der Waals surface area contributed by atoms with Crippen molar-refractivity contribution in [3.05, 3.63) is 30.0 Å². The number of anilines is 2. The average molecular weight is 452 g/mol. The quantitative estimate of drug-likeness (QED) is 0.593. The molecule has 2 aliphatic rings. The molecular weight excluding hydrogens is 422 g/mol. The highest BCUT2D eigenvalue weighted by molar-refractivity contribution is 7.92. The lowest BCUT2D eigenvalue weighted by Crippen LogP contribution is -2.45. The average Bonchev–Trinajstić information content (AvgIpc) is 2.94. The predicted octanol–water partition coefficient (Wildman–Crippen LogP) is 1.14. The van der Waals surface area contributed by atoms with Crippen LogP contribution in [0.4, 0.5) is 11.4 Å². The Bertz CT molecular complexity index is 994. The van der Waals surface area contributed by atoms with Crippen LogP contribution in [0.2, 0.25) is 0 Å². The van der Waals surface area contributed by atoms with Crippen LogP contribution in [-0.2, 0) is 24.2 Å². The van der Waals surface area contributed by atoms with Crippen LogP contribution in [0, 0.1) is 0 Å². The number of imide groups is 1. The van der Waals surface area contributed by atoms with Gasteiger partial charge in [-0.25, -0.2) is 8.42 Å². The Balaban J connectivity index is 2.00. The van der Waals surface area contributed by atoms with E-state index in [0.717, 1.165) is 16.7 Å². The first-order chi connectivity index (χ1) is 14.5. The maximum atomic E-state index is 12.9. The minimum atomic E-state index is -3.66. The largest absolute Gasteiger partial charge is 0.395 e. The van der Waals surface area contributed by atoms with Crippen LogP contribution < -0.4 is 10.2 Å². The zero-order valence-corrected chi connectivity index (χ0v) is 19.0. The summed E-state index contributed by atoms with van der Waals surface area (Å²) in [5, 5.41) is 11.3. The second-order valence-corrected chi connectivity index (χ2v) is 10.6. The van der Waals surface area contributed by atoms with E-state index >= 15 is 0 Å². The molecule has 2 amide bonds. The van der Waals surface area contributed by atoms with E-state index in [4.69, 9.17) is 9.84 Å². The molecule has 2 unspecified atom stereocenters. The van der Waals surface area contributed by atoms with E-state index in [1.54, 1.807) is 26.0 Å². The molecule has 2 heterocycles. The highest BCUT2D eigenvalue weighted by Crippen LogP contribution is 2.32. The summed E-state index contributed by atoms with van der Waals surface area (Å²) in [6.45, 7) is 7.94. The number of aliphatic hydroxyl groups is 1. The Hall–Kier alpha value is -2.43. The van der Waals surface area contributed by atoms with Crippen LogP contribution in [0.1, 0.15) is 27.7 Å². The number of nitrogens with zero attached hydrogens (tertiary/aromatic N) is 2. The molecule has 0 aliphatic carbocycles. The summed E-state index contributed by atoms with van der Waals surface area (Å²) in [5.41, 5.74) is 0.993. The van der Waals surface area contributed by atoms with Gasteiger partial charge in [0.2, 0.25) is 0 Å². The second kappa shape index (κ2) is 8.97. The van der Waals surface area contributed by atoms with Crippen molar-refractivity contribution in [3.8, 4) is 0 Å².